The molecule has 0 aliphatic rings. The SMILES string of the molecule is COc1cccc(/C=N/NC(=O)COc2cccc(N(C)C)c2)c1O[C@H](C)C(=O)O. The molecule has 9 heteroatoms. The highest BCUT2D eigenvalue weighted by molar-refractivity contribution is 5.87. The quantitative estimate of drug-likeness (QED) is 0.452. The summed E-state index contributed by atoms with van der Waals surface area (Å²) in [7, 11) is 5.27. The van der Waals surface area contributed by atoms with Crippen molar-refractivity contribution in [3.63, 3.8) is 0 Å². The number of hydrogen-bond donors (Lipinski definition) is 2. The van der Waals surface area contributed by atoms with Crippen LogP contribution in [0.5, 0.6) is 17.2 Å². The molecule has 1 atom stereocenters. The molecule has 0 saturated heterocycles. The Balaban J connectivity index is 2.00. The van der Waals surface area contributed by atoms with Gasteiger partial charge >= 0.3 is 5.97 Å². The molecule has 2 N–H and O–H groups in total. The molecular weight excluding hydrogens is 390 g/mol. The number of hydrogen-bond acceptors (Lipinski definition) is 7. The van der Waals surface area contributed by atoms with Crippen LogP contribution in [0.15, 0.2) is 47.6 Å². The van der Waals surface area contributed by atoms with E-state index in [-0.39, 0.29) is 12.4 Å². The van der Waals surface area contributed by atoms with Gasteiger partial charge in [0.15, 0.2) is 24.2 Å². The maximum Gasteiger partial charge on any atom is 0.344 e. The summed E-state index contributed by atoms with van der Waals surface area (Å²) >= 11 is 0. The first-order chi connectivity index (χ1) is 14.3. The fourth-order valence-electron chi connectivity index (χ4n) is 2.35. The highest BCUT2D eigenvalue weighted by Crippen LogP contribution is 2.31. The van der Waals surface area contributed by atoms with E-state index in [9.17, 15) is 9.59 Å². The van der Waals surface area contributed by atoms with E-state index in [1.165, 1.54) is 20.2 Å². The second kappa shape index (κ2) is 10.7. The van der Waals surface area contributed by atoms with E-state index in [2.05, 4.69) is 10.5 Å². The Morgan fingerprint density at radius 3 is 2.63 bits per heavy atom. The van der Waals surface area contributed by atoms with Gasteiger partial charge in [0.2, 0.25) is 0 Å². The molecule has 2 aromatic rings. The van der Waals surface area contributed by atoms with Gasteiger partial charge in [-0.3, -0.25) is 4.79 Å². The Kier molecular flexibility index (Phi) is 8.04. The van der Waals surface area contributed by atoms with Crippen LogP contribution in [0.25, 0.3) is 0 Å². The number of rotatable bonds is 10. The zero-order chi connectivity index (χ0) is 22.1. The first-order valence-electron chi connectivity index (χ1n) is 9.10. The lowest BCUT2D eigenvalue weighted by Gasteiger charge is -2.15. The van der Waals surface area contributed by atoms with Gasteiger partial charge < -0.3 is 24.2 Å². The molecule has 9 nitrogen and oxygen atoms in total. The number of carbonyl (C=O) groups is 2. The number of carboxylic acids is 1. The smallest absolute Gasteiger partial charge is 0.344 e. The van der Waals surface area contributed by atoms with Crippen LogP contribution in [0.3, 0.4) is 0 Å². The number of para-hydroxylation sites is 1. The Morgan fingerprint density at radius 1 is 1.23 bits per heavy atom. The second-order valence-corrected chi connectivity index (χ2v) is 6.45. The number of anilines is 1. The Morgan fingerprint density at radius 2 is 1.97 bits per heavy atom. The maximum absolute atomic E-state index is 12.0. The van der Waals surface area contributed by atoms with Crippen LogP contribution in [-0.4, -0.2) is 57.1 Å². The lowest BCUT2D eigenvalue weighted by Crippen LogP contribution is -2.25. The van der Waals surface area contributed by atoms with Crippen molar-refractivity contribution in [1.29, 1.82) is 0 Å². The monoisotopic (exact) mass is 415 g/mol. The van der Waals surface area contributed by atoms with Gasteiger partial charge in [0.1, 0.15) is 5.75 Å². The first-order valence-corrected chi connectivity index (χ1v) is 9.10. The van der Waals surface area contributed by atoms with E-state index in [0.29, 0.717) is 17.1 Å². The minimum atomic E-state index is -1.12. The van der Waals surface area contributed by atoms with Crippen molar-refractivity contribution in [1.82, 2.24) is 5.43 Å². The predicted octanol–water partition coefficient (Wildman–Crippen LogP) is 2.14. The lowest BCUT2D eigenvalue weighted by molar-refractivity contribution is -0.144. The number of nitrogens with one attached hydrogen (secondary N) is 1. The third kappa shape index (κ3) is 6.40. The van der Waals surface area contributed by atoms with Crippen molar-refractivity contribution in [3.8, 4) is 17.2 Å². The highest BCUT2D eigenvalue weighted by atomic mass is 16.5. The fraction of sp³-hybridized carbons (Fsp3) is 0.286. The molecule has 0 aliphatic carbocycles. The number of carbonyl (C=O) groups excluding carboxylic acids is 1. The summed E-state index contributed by atoms with van der Waals surface area (Å²) in [4.78, 5) is 25.0. The highest BCUT2D eigenvalue weighted by Gasteiger charge is 2.18. The van der Waals surface area contributed by atoms with Crippen molar-refractivity contribution >= 4 is 23.8 Å². The van der Waals surface area contributed by atoms with Gasteiger partial charge in [-0.05, 0) is 31.2 Å². The molecule has 0 aromatic heterocycles. The molecule has 1 amide bonds. The van der Waals surface area contributed by atoms with Gasteiger partial charge in [-0.2, -0.15) is 5.10 Å². The molecule has 2 rings (SSSR count). The zero-order valence-electron chi connectivity index (χ0n) is 17.3. The van der Waals surface area contributed by atoms with Crippen LogP contribution in [0.2, 0.25) is 0 Å². The minimum Gasteiger partial charge on any atom is -0.493 e. The third-order valence-electron chi connectivity index (χ3n) is 3.97. The van der Waals surface area contributed by atoms with Crippen LogP contribution in [0.1, 0.15) is 12.5 Å². The Hall–Kier alpha value is -3.75. The van der Waals surface area contributed by atoms with E-state index >= 15 is 0 Å². The average Bonchev–Trinajstić information content (AvgIpc) is 2.73. The van der Waals surface area contributed by atoms with Crippen LogP contribution in [-0.2, 0) is 9.59 Å². The zero-order valence-corrected chi connectivity index (χ0v) is 17.3. The van der Waals surface area contributed by atoms with Gasteiger partial charge in [-0.1, -0.05) is 12.1 Å². The lowest BCUT2D eigenvalue weighted by atomic mass is 10.2. The van der Waals surface area contributed by atoms with Crippen LogP contribution < -0.4 is 24.5 Å². The van der Waals surface area contributed by atoms with Gasteiger partial charge in [0.25, 0.3) is 5.91 Å². The molecule has 30 heavy (non-hydrogen) atoms. The molecule has 0 radical (unpaired) electrons. The fourth-order valence-corrected chi connectivity index (χ4v) is 2.35. The van der Waals surface area contributed by atoms with E-state index in [0.717, 1.165) is 5.69 Å². The summed E-state index contributed by atoms with van der Waals surface area (Å²) in [6.45, 7) is 1.19. The Bertz CT molecular complexity index is 913. The van der Waals surface area contributed by atoms with Gasteiger partial charge in [0, 0.05) is 31.4 Å². The molecular formula is C21H25N3O6. The van der Waals surface area contributed by atoms with Gasteiger partial charge in [-0.15, -0.1) is 0 Å². The summed E-state index contributed by atoms with van der Waals surface area (Å²) in [5.74, 6) is -0.447. The summed E-state index contributed by atoms with van der Waals surface area (Å²) in [5.41, 5.74) is 3.76. The number of aliphatic carboxylic acids is 1. The molecule has 0 aliphatic heterocycles. The molecule has 0 unspecified atom stereocenters. The number of ether oxygens (including phenoxy) is 3. The normalized spacial score (nSPS) is 11.6. The minimum absolute atomic E-state index is 0.213. The summed E-state index contributed by atoms with van der Waals surface area (Å²) in [5, 5.41) is 13.0. The van der Waals surface area contributed by atoms with E-state index in [1.54, 1.807) is 24.3 Å². The molecule has 2 aromatic carbocycles. The summed E-state index contributed by atoms with van der Waals surface area (Å²) < 4.78 is 16.2. The summed E-state index contributed by atoms with van der Waals surface area (Å²) in [6.07, 6.45) is 0.256. The average molecular weight is 415 g/mol. The van der Waals surface area contributed by atoms with Crippen LogP contribution in [0, 0.1) is 0 Å². The van der Waals surface area contributed by atoms with Crippen LogP contribution in [0.4, 0.5) is 5.69 Å². The molecule has 0 bridgehead atoms. The molecule has 0 saturated carbocycles. The van der Waals surface area contributed by atoms with Crippen molar-refractivity contribution in [2.75, 3.05) is 32.7 Å². The predicted molar refractivity (Wildman–Crippen MR) is 113 cm³/mol. The molecule has 0 spiro atoms. The number of methoxy groups -OCH3 is 1. The summed E-state index contributed by atoms with van der Waals surface area (Å²) in [6, 6.07) is 12.3. The number of amides is 1. The first kappa shape index (κ1) is 22.5. The number of carboxylic acid groups (broad SMARTS) is 1. The second-order valence-electron chi connectivity index (χ2n) is 6.45. The standard InChI is InChI=1S/C21H25N3O6/c1-14(21(26)27)30-20-15(7-5-10-18(20)28-4)12-22-23-19(25)13-29-17-9-6-8-16(11-17)24(2)3/h5-12,14H,13H2,1-4H3,(H,23,25)(H,26,27)/b22-12+/t14-/m1/s1. The van der Waals surface area contributed by atoms with Gasteiger partial charge in [-0.25, -0.2) is 10.2 Å². The number of hydrazone groups is 1. The third-order valence-corrected chi connectivity index (χ3v) is 3.97. The number of benzene rings is 2. The van der Waals surface area contributed by atoms with E-state index in [1.807, 2.05) is 37.2 Å². The van der Waals surface area contributed by atoms with Crippen molar-refractivity contribution in [3.05, 3.63) is 48.0 Å². The van der Waals surface area contributed by atoms with Crippen molar-refractivity contribution in [2.24, 2.45) is 5.10 Å². The Labute approximate surface area is 174 Å². The van der Waals surface area contributed by atoms with Gasteiger partial charge in [0.05, 0.1) is 13.3 Å². The van der Waals surface area contributed by atoms with Crippen molar-refractivity contribution < 1.29 is 28.9 Å². The molecule has 0 fully saturated rings. The largest absolute Gasteiger partial charge is 0.493 e. The van der Waals surface area contributed by atoms with Crippen molar-refractivity contribution in [2.45, 2.75) is 13.0 Å². The maximum atomic E-state index is 12.0. The molecule has 160 valence electrons. The van der Waals surface area contributed by atoms with Crippen LogP contribution >= 0.6 is 0 Å². The topological polar surface area (TPSA) is 110 Å². The number of nitrogens with zero attached hydrogens (tertiary/aromatic N) is 2. The van der Waals surface area contributed by atoms with E-state index in [4.69, 9.17) is 19.3 Å². The molecule has 0 heterocycles. The van der Waals surface area contributed by atoms with E-state index < -0.39 is 18.0 Å².